The lowest BCUT2D eigenvalue weighted by Crippen LogP contribution is -2.21. The molecule has 0 saturated heterocycles. The van der Waals surface area contributed by atoms with E-state index in [1.54, 1.807) is 43.1 Å². The van der Waals surface area contributed by atoms with Crippen LogP contribution in [0, 0.1) is 5.82 Å². The molecule has 0 atom stereocenters. The predicted octanol–water partition coefficient (Wildman–Crippen LogP) is 4.89. The van der Waals surface area contributed by atoms with Gasteiger partial charge in [-0.2, -0.15) is 0 Å². The highest BCUT2D eigenvalue weighted by Crippen LogP contribution is 2.38. The van der Waals surface area contributed by atoms with Crippen LogP contribution in [-0.2, 0) is 11.2 Å². The summed E-state index contributed by atoms with van der Waals surface area (Å²) >= 11 is 0. The second kappa shape index (κ2) is 10.5. The number of carbonyl (C=O) groups excluding carboxylic acids is 1. The zero-order valence-corrected chi connectivity index (χ0v) is 21.8. The number of imidazole rings is 1. The van der Waals surface area contributed by atoms with E-state index in [2.05, 4.69) is 31.1 Å². The van der Waals surface area contributed by atoms with Gasteiger partial charge in [0, 0.05) is 82.9 Å². The first-order chi connectivity index (χ1) is 19.5. The zero-order valence-electron chi connectivity index (χ0n) is 21.8. The van der Waals surface area contributed by atoms with Crippen molar-refractivity contribution in [1.29, 1.82) is 0 Å². The highest BCUT2D eigenvalue weighted by atomic mass is 19.1. The van der Waals surface area contributed by atoms with E-state index < -0.39 is 5.82 Å². The fourth-order valence-electron chi connectivity index (χ4n) is 4.87. The van der Waals surface area contributed by atoms with E-state index in [1.165, 1.54) is 6.07 Å². The Morgan fingerprint density at radius 2 is 1.90 bits per heavy atom. The van der Waals surface area contributed by atoms with Crippen LogP contribution < -0.4 is 21.9 Å². The summed E-state index contributed by atoms with van der Waals surface area (Å²) in [6.45, 7) is 1.93. The number of aromatic amines is 1. The number of fused-ring (bicyclic) bond motifs is 2. The summed E-state index contributed by atoms with van der Waals surface area (Å²) in [5.74, 6) is 0.0801. The van der Waals surface area contributed by atoms with Gasteiger partial charge in [-0.3, -0.25) is 14.8 Å². The quantitative estimate of drug-likeness (QED) is 0.238. The van der Waals surface area contributed by atoms with Gasteiger partial charge in [-0.15, -0.1) is 0 Å². The minimum Gasteiger partial charge on any atom is -0.402 e. The van der Waals surface area contributed by atoms with E-state index in [1.807, 2.05) is 31.2 Å². The standard InChI is InChI=1S/C30H27FN8O/c1-2-3-28(40)36-20-10-18(14-34-15-20)22-12-23-24(16-35-39-26(23)13-25(22)31)30-37-27-11-19(32)4-5-21(29(27)38-30)17-6-8-33-9-7-17/h4-10,12-16,35,39H,2-3,11,32H2,1H3,(H,36,40)(H,37,38). The molecule has 40 heavy (non-hydrogen) atoms. The molecule has 1 aliphatic carbocycles. The van der Waals surface area contributed by atoms with Crippen molar-refractivity contribution in [3.8, 4) is 11.1 Å². The van der Waals surface area contributed by atoms with Crippen molar-refractivity contribution in [2.75, 3.05) is 10.7 Å². The molecule has 6 N–H and O–H groups in total. The second-order valence-electron chi connectivity index (χ2n) is 9.61. The molecule has 10 heteroatoms. The number of hydrogen-bond acceptors (Lipinski definition) is 7. The van der Waals surface area contributed by atoms with Crippen molar-refractivity contribution in [3.63, 3.8) is 0 Å². The van der Waals surface area contributed by atoms with Gasteiger partial charge >= 0.3 is 0 Å². The predicted molar refractivity (Wildman–Crippen MR) is 153 cm³/mol. The van der Waals surface area contributed by atoms with Crippen LogP contribution in [0.15, 0.2) is 79.2 Å². The summed E-state index contributed by atoms with van der Waals surface area (Å²) in [5, 5.41) is 2.83. The first-order valence-electron chi connectivity index (χ1n) is 13.0. The van der Waals surface area contributed by atoms with Crippen molar-refractivity contribution >= 4 is 28.4 Å². The Morgan fingerprint density at radius 3 is 2.73 bits per heavy atom. The molecule has 9 nitrogen and oxygen atoms in total. The monoisotopic (exact) mass is 534 g/mol. The fraction of sp³-hybridized carbons (Fsp3) is 0.133. The third kappa shape index (κ3) is 4.82. The van der Waals surface area contributed by atoms with Crippen LogP contribution in [0.3, 0.4) is 0 Å². The number of hydrazine groups is 1. The third-order valence-corrected chi connectivity index (χ3v) is 6.76. The molecule has 1 aliphatic heterocycles. The zero-order chi connectivity index (χ0) is 27.6. The van der Waals surface area contributed by atoms with E-state index in [9.17, 15) is 4.79 Å². The molecular formula is C30H27FN8O. The van der Waals surface area contributed by atoms with Gasteiger partial charge in [-0.1, -0.05) is 13.0 Å². The molecule has 1 aromatic carbocycles. The largest absolute Gasteiger partial charge is 0.402 e. The average Bonchev–Trinajstić information content (AvgIpc) is 3.29. The molecule has 0 fully saturated rings. The maximum Gasteiger partial charge on any atom is 0.224 e. The lowest BCUT2D eigenvalue weighted by molar-refractivity contribution is -0.116. The molecule has 1 amide bonds. The molecule has 0 radical (unpaired) electrons. The van der Waals surface area contributed by atoms with Crippen molar-refractivity contribution in [2.24, 2.45) is 5.73 Å². The van der Waals surface area contributed by atoms with E-state index in [0.29, 0.717) is 46.9 Å². The molecule has 3 aromatic heterocycles. The first kappa shape index (κ1) is 25.1. The number of nitrogens with one attached hydrogen (secondary N) is 4. The first-order valence-corrected chi connectivity index (χ1v) is 13.0. The topological polar surface area (TPSA) is 134 Å². The van der Waals surface area contributed by atoms with E-state index in [-0.39, 0.29) is 5.91 Å². The van der Waals surface area contributed by atoms with Crippen molar-refractivity contribution in [1.82, 2.24) is 25.4 Å². The number of anilines is 2. The van der Waals surface area contributed by atoms with Crippen LogP contribution in [0.1, 0.15) is 48.1 Å². The molecule has 0 bridgehead atoms. The smallest absolute Gasteiger partial charge is 0.224 e. The van der Waals surface area contributed by atoms with Gasteiger partial charge in [0.1, 0.15) is 11.6 Å². The molecule has 4 heterocycles. The number of aromatic nitrogens is 4. The van der Waals surface area contributed by atoms with Crippen LogP contribution in [0.2, 0.25) is 0 Å². The molecular weight excluding hydrogens is 507 g/mol. The SMILES string of the molecule is CCCC(=O)Nc1cncc(-c2cc3c(cc2F)NNC=C3c2nc3c([nH]2)CC(N)=CC=C3c2ccncc2)c1. The van der Waals surface area contributed by atoms with Crippen molar-refractivity contribution < 1.29 is 9.18 Å². The Labute approximate surface area is 230 Å². The molecule has 200 valence electrons. The number of halogens is 1. The minimum absolute atomic E-state index is 0.110. The van der Waals surface area contributed by atoms with Gasteiger partial charge in [-0.25, -0.2) is 9.37 Å². The maximum atomic E-state index is 15.4. The number of rotatable bonds is 6. The van der Waals surface area contributed by atoms with Gasteiger partial charge in [0.15, 0.2) is 0 Å². The number of hydrogen-bond donors (Lipinski definition) is 5. The van der Waals surface area contributed by atoms with Crippen LogP contribution in [-0.4, -0.2) is 25.8 Å². The average molecular weight is 535 g/mol. The van der Waals surface area contributed by atoms with Crippen molar-refractivity contribution in [3.05, 3.63) is 113 Å². The lowest BCUT2D eigenvalue weighted by Gasteiger charge is -2.21. The van der Waals surface area contributed by atoms with E-state index in [0.717, 1.165) is 40.1 Å². The number of nitrogens with two attached hydrogens (primary N) is 1. The van der Waals surface area contributed by atoms with Gasteiger partial charge in [-0.05, 0) is 42.3 Å². The molecule has 4 aromatic rings. The minimum atomic E-state index is -0.427. The summed E-state index contributed by atoms with van der Waals surface area (Å²) < 4.78 is 15.4. The summed E-state index contributed by atoms with van der Waals surface area (Å²) in [5.41, 5.74) is 20.0. The van der Waals surface area contributed by atoms with Crippen LogP contribution in [0.25, 0.3) is 22.3 Å². The van der Waals surface area contributed by atoms with Gasteiger partial charge in [0.25, 0.3) is 0 Å². The summed E-state index contributed by atoms with van der Waals surface area (Å²) in [7, 11) is 0. The van der Waals surface area contributed by atoms with E-state index >= 15 is 4.39 Å². The molecule has 0 unspecified atom stereocenters. The normalized spacial score (nSPS) is 13.9. The van der Waals surface area contributed by atoms with Crippen LogP contribution >= 0.6 is 0 Å². The third-order valence-electron chi connectivity index (χ3n) is 6.76. The van der Waals surface area contributed by atoms with Gasteiger partial charge in [0.2, 0.25) is 5.91 Å². The number of nitrogens with zero attached hydrogens (tertiary/aromatic N) is 3. The summed E-state index contributed by atoms with van der Waals surface area (Å²) in [6.07, 6.45) is 13.9. The summed E-state index contributed by atoms with van der Waals surface area (Å²) in [4.78, 5) is 28.9. The number of benzene rings is 1. The Kier molecular flexibility index (Phi) is 6.57. The highest BCUT2D eigenvalue weighted by molar-refractivity contribution is 5.92. The van der Waals surface area contributed by atoms with Gasteiger partial charge in [0.05, 0.1) is 23.3 Å². The Morgan fingerprint density at radius 1 is 1.05 bits per heavy atom. The highest BCUT2D eigenvalue weighted by Gasteiger charge is 2.24. The lowest BCUT2D eigenvalue weighted by atomic mass is 9.96. The second-order valence-corrected chi connectivity index (χ2v) is 9.61. The number of pyridine rings is 2. The molecule has 0 saturated carbocycles. The Bertz CT molecular complexity index is 1700. The molecule has 2 aliphatic rings. The van der Waals surface area contributed by atoms with Crippen LogP contribution in [0.5, 0.6) is 0 Å². The molecule has 6 rings (SSSR count). The molecule has 0 spiro atoms. The number of amides is 1. The number of allylic oxidation sites excluding steroid dienone is 3. The maximum absolute atomic E-state index is 15.4. The van der Waals surface area contributed by atoms with E-state index in [4.69, 9.17) is 10.7 Å². The van der Waals surface area contributed by atoms with Crippen LogP contribution in [0.4, 0.5) is 15.8 Å². The fourth-order valence-corrected chi connectivity index (χ4v) is 4.87. The Hall–Kier alpha value is -5.25. The van der Waals surface area contributed by atoms with Crippen molar-refractivity contribution in [2.45, 2.75) is 26.2 Å². The number of carbonyl (C=O) groups is 1. The Balaban J connectivity index is 1.40. The summed E-state index contributed by atoms with van der Waals surface area (Å²) in [6, 6.07) is 8.79. The van der Waals surface area contributed by atoms with Gasteiger partial charge < -0.3 is 26.9 Å². The number of H-pyrrole nitrogens is 1.